The molecule has 0 spiro atoms. The minimum Gasteiger partial charge on any atom is -0.385 e. The van der Waals surface area contributed by atoms with Gasteiger partial charge in [-0.3, -0.25) is 9.59 Å². The Morgan fingerprint density at radius 3 is 2.45 bits per heavy atom. The van der Waals surface area contributed by atoms with E-state index < -0.39 is 0 Å². The first-order valence-electron chi connectivity index (χ1n) is 6.80. The van der Waals surface area contributed by atoms with Gasteiger partial charge >= 0.3 is 0 Å². The largest absolute Gasteiger partial charge is 0.385 e. The van der Waals surface area contributed by atoms with Crippen LogP contribution in [-0.2, 0) is 9.53 Å². The highest BCUT2D eigenvalue weighted by atomic mass is 16.5. The zero-order valence-electron chi connectivity index (χ0n) is 12.1. The lowest BCUT2D eigenvalue weighted by Crippen LogP contribution is -2.28. The Balaban J connectivity index is 2.28. The Bertz CT molecular complexity index is 429. The molecular formula is C15H22N2O3. The van der Waals surface area contributed by atoms with Gasteiger partial charge in [0.1, 0.15) is 0 Å². The molecule has 20 heavy (non-hydrogen) atoms. The van der Waals surface area contributed by atoms with E-state index in [9.17, 15) is 9.59 Å². The molecule has 1 amide bonds. The number of carbonyl (C=O) groups excluding carboxylic acids is 2. The molecule has 0 saturated carbocycles. The van der Waals surface area contributed by atoms with E-state index in [1.165, 1.54) is 0 Å². The molecule has 0 atom stereocenters. The fourth-order valence-electron chi connectivity index (χ4n) is 1.68. The number of ketones is 1. The molecule has 110 valence electrons. The number of hydrogen-bond donors (Lipinski definition) is 2. The zero-order chi connectivity index (χ0) is 14.8. The van der Waals surface area contributed by atoms with Crippen molar-refractivity contribution in [1.82, 2.24) is 5.32 Å². The second-order valence-electron chi connectivity index (χ2n) is 4.37. The topological polar surface area (TPSA) is 67.4 Å². The molecule has 0 radical (unpaired) electrons. The van der Waals surface area contributed by atoms with Gasteiger partial charge in [0.25, 0.3) is 0 Å². The van der Waals surface area contributed by atoms with Gasteiger partial charge < -0.3 is 15.4 Å². The van der Waals surface area contributed by atoms with Crippen LogP contribution in [0.4, 0.5) is 5.69 Å². The van der Waals surface area contributed by atoms with E-state index in [0.29, 0.717) is 32.5 Å². The lowest BCUT2D eigenvalue weighted by Gasteiger charge is -2.08. The fraction of sp³-hybridized carbons (Fsp3) is 0.467. The highest BCUT2D eigenvalue weighted by Gasteiger charge is 2.03. The quantitative estimate of drug-likeness (QED) is 0.534. The van der Waals surface area contributed by atoms with E-state index >= 15 is 0 Å². The molecule has 5 heteroatoms. The summed E-state index contributed by atoms with van der Waals surface area (Å²) in [7, 11) is 1.60. The van der Waals surface area contributed by atoms with Gasteiger partial charge in [0.15, 0.2) is 5.78 Å². The maximum absolute atomic E-state index is 11.5. The van der Waals surface area contributed by atoms with Crippen molar-refractivity contribution in [3.8, 4) is 0 Å². The number of rotatable bonds is 9. The fourth-order valence-corrected chi connectivity index (χ4v) is 1.68. The Morgan fingerprint density at radius 1 is 1.15 bits per heavy atom. The first-order chi connectivity index (χ1) is 9.67. The van der Waals surface area contributed by atoms with Gasteiger partial charge in [0, 0.05) is 44.3 Å². The molecule has 0 heterocycles. The molecule has 2 N–H and O–H groups in total. The molecule has 0 aliphatic carbocycles. The minimum atomic E-state index is -0.00710. The predicted octanol–water partition coefficient (Wildman–Crippen LogP) is 1.84. The van der Waals surface area contributed by atoms with Crippen LogP contribution in [0.3, 0.4) is 0 Å². The first-order valence-corrected chi connectivity index (χ1v) is 6.80. The van der Waals surface area contributed by atoms with Crippen LogP contribution < -0.4 is 10.6 Å². The minimum absolute atomic E-state index is 0.00710. The molecule has 1 aromatic rings. The van der Waals surface area contributed by atoms with Crippen molar-refractivity contribution in [2.24, 2.45) is 0 Å². The van der Waals surface area contributed by atoms with Crippen LogP contribution in [0.1, 0.15) is 30.1 Å². The summed E-state index contributed by atoms with van der Waals surface area (Å²) in [5.74, 6) is 0.126. The van der Waals surface area contributed by atoms with Crippen molar-refractivity contribution in [2.75, 3.05) is 32.1 Å². The molecule has 0 aliphatic heterocycles. The van der Waals surface area contributed by atoms with Crippen LogP contribution >= 0.6 is 0 Å². The molecule has 0 aromatic heterocycles. The maximum atomic E-state index is 11.5. The molecular weight excluding hydrogens is 256 g/mol. The third-order valence-corrected chi connectivity index (χ3v) is 2.84. The van der Waals surface area contributed by atoms with Gasteiger partial charge in [-0.25, -0.2) is 0 Å². The molecule has 0 fully saturated rings. The van der Waals surface area contributed by atoms with Crippen LogP contribution in [-0.4, -0.2) is 38.5 Å². The smallest absolute Gasteiger partial charge is 0.221 e. The third kappa shape index (κ3) is 5.84. The summed E-state index contributed by atoms with van der Waals surface area (Å²) in [6.45, 7) is 3.45. The normalized spacial score (nSPS) is 10.1. The van der Waals surface area contributed by atoms with Gasteiger partial charge in [-0.2, -0.15) is 0 Å². The van der Waals surface area contributed by atoms with E-state index in [1.807, 2.05) is 19.1 Å². The predicted molar refractivity (Wildman–Crippen MR) is 79.1 cm³/mol. The summed E-state index contributed by atoms with van der Waals surface area (Å²) in [5, 5.41) is 5.90. The SMILES string of the molecule is CCC(=O)c1ccc(NCCC(=O)NCCOC)cc1. The Labute approximate surface area is 119 Å². The van der Waals surface area contributed by atoms with Gasteiger partial charge in [-0.05, 0) is 24.3 Å². The molecule has 0 bridgehead atoms. The summed E-state index contributed by atoms with van der Waals surface area (Å²) < 4.78 is 4.85. The molecule has 0 saturated heterocycles. The highest BCUT2D eigenvalue weighted by Crippen LogP contribution is 2.11. The molecule has 1 aromatic carbocycles. The van der Waals surface area contributed by atoms with E-state index in [2.05, 4.69) is 10.6 Å². The summed E-state index contributed by atoms with van der Waals surface area (Å²) in [4.78, 5) is 22.9. The second-order valence-corrected chi connectivity index (χ2v) is 4.37. The number of nitrogens with one attached hydrogen (secondary N) is 2. The van der Waals surface area contributed by atoms with E-state index in [0.717, 1.165) is 11.3 Å². The van der Waals surface area contributed by atoms with Crippen molar-refractivity contribution in [3.05, 3.63) is 29.8 Å². The van der Waals surface area contributed by atoms with Crippen LogP contribution in [0.2, 0.25) is 0 Å². The number of hydrogen-bond acceptors (Lipinski definition) is 4. The summed E-state index contributed by atoms with van der Waals surface area (Å²) in [6.07, 6.45) is 0.910. The first kappa shape index (κ1) is 16.2. The summed E-state index contributed by atoms with van der Waals surface area (Å²) in [5.41, 5.74) is 1.62. The number of carbonyl (C=O) groups is 2. The van der Waals surface area contributed by atoms with Crippen molar-refractivity contribution >= 4 is 17.4 Å². The van der Waals surface area contributed by atoms with Crippen LogP contribution in [0.25, 0.3) is 0 Å². The molecule has 0 unspecified atom stereocenters. The third-order valence-electron chi connectivity index (χ3n) is 2.84. The van der Waals surface area contributed by atoms with Crippen LogP contribution in [0.5, 0.6) is 0 Å². The highest BCUT2D eigenvalue weighted by molar-refractivity contribution is 5.96. The van der Waals surface area contributed by atoms with Crippen LogP contribution in [0, 0.1) is 0 Å². The van der Waals surface area contributed by atoms with E-state index in [1.54, 1.807) is 19.2 Å². The maximum Gasteiger partial charge on any atom is 0.221 e. The second kappa shape index (κ2) is 9.09. The average Bonchev–Trinajstić information content (AvgIpc) is 2.47. The number of methoxy groups -OCH3 is 1. The van der Waals surface area contributed by atoms with Gasteiger partial charge in [-0.15, -0.1) is 0 Å². The zero-order valence-corrected chi connectivity index (χ0v) is 12.1. The monoisotopic (exact) mass is 278 g/mol. The number of ether oxygens (including phenoxy) is 1. The van der Waals surface area contributed by atoms with Gasteiger partial charge in [0.05, 0.1) is 6.61 Å². The lowest BCUT2D eigenvalue weighted by molar-refractivity contribution is -0.121. The average molecular weight is 278 g/mol. The lowest BCUT2D eigenvalue weighted by atomic mass is 10.1. The van der Waals surface area contributed by atoms with Crippen molar-refractivity contribution in [2.45, 2.75) is 19.8 Å². The molecule has 0 aliphatic rings. The van der Waals surface area contributed by atoms with Gasteiger partial charge in [0.2, 0.25) is 5.91 Å². The molecule has 1 rings (SSSR count). The number of amides is 1. The molecule has 5 nitrogen and oxygen atoms in total. The van der Waals surface area contributed by atoms with Crippen LogP contribution in [0.15, 0.2) is 24.3 Å². The van der Waals surface area contributed by atoms with Crippen molar-refractivity contribution < 1.29 is 14.3 Å². The number of benzene rings is 1. The van der Waals surface area contributed by atoms with Crippen molar-refractivity contribution in [1.29, 1.82) is 0 Å². The Kier molecular flexibility index (Phi) is 7.35. The Morgan fingerprint density at radius 2 is 1.85 bits per heavy atom. The van der Waals surface area contributed by atoms with Crippen molar-refractivity contribution in [3.63, 3.8) is 0 Å². The van der Waals surface area contributed by atoms with E-state index in [-0.39, 0.29) is 11.7 Å². The summed E-state index contributed by atoms with van der Waals surface area (Å²) >= 11 is 0. The number of anilines is 1. The standard InChI is InChI=1S/C15H22N2O3/c1-3-14(18)12-4-6-13(7-5-12)16-9-8-15(19)17-10-11-20-2/h4-7,16H,3,8-11H2,1-2H3,(H,17,19). The Hall–Kier alpha value is -1.88. The number of Topliss-reactive ketones (excluding diaryl/α,β-unsaturated/α-hetero) is 1. The van der Waals surface area contributed by atoms with Gasteiger partial charge in [-0.1, -0.05) is 6.92 Å². The summed E-state index contributed by atoms with van der Waals surface area (Å²) in [6, 6.07) is 7.30. The van der Waals surface area contributed by atoms with E-state index in [4.69, 9.17) is 4.74 Å².